The van der Waals surface area contributed by atoms with Gasteiger partial charge in [-0.15, -0.1) is 0 Å². The zero-order chi connectivity index (χ0) is 27.8. The Morgan fingerprint density at radius 3 is 2.38 bits per heavy atom. The van der Waals surface area contributed by atoms with E-state index in [1.807, 2.05) is 25.1 Å². The van der Waals surface area contributed by atoms with E-state index in [4.69, 9.17) is 49.0 Å². The second-order valence-electron chi connectivity index (χ2n) is 9.05. The van der Waals surface area contributed by atoms with Gasteiger partial charge in [0.1, 0.15) is 6.61 Å². The number of ketones is 1. The Labute approximate surface area is 241 Å². The molecule has 0 bridgehead atoms. The summed E-state index contributed by atoms with van der Waals surface area (Å²) in [6.07, 6.45) is 0. The van der Waals surface area contributed by atoms with Crippen molar-refractivity contribution in [2.24, 2.45) is 0 Å². The molecule has 6 nitrogen and oxygen atoms in total. The third kappa shape index (κ3) is 4.89. The van der Waals surface area contributed by atoms with Crippen molar-refractivity contribution in [1.82, 2.24) is 5.32 Å². The van der Waals surface area contributed by atoms with Gasteiger partial charge in [0.25, 0.3) is 0 Å². The number of carbonyl (C=O) groups excluding carboxylic acids is 2. The molecule has 200 valence electrons. The molecule has 1 N–H and O–H groups in total. The quantitative estimate of drug-likeness (QED) is 0.292. The average molecular weight is 585 g/mol. The number of dihydropyridines is 1. The Morgan fingerprint density at radius 1 is 0.949 bits per heavy atom. The molecule has 3 aromatic rings. The lowest BCUT2D eigenvalue weighted by atomic mass is 9.79. The smallest absolute Gasteiger partial charge is 0.336 e. The van der Waals surface area contributed by atoms with E-state index in [9.17, 15) is 9.59 Å². The van der Waals surface area contributed by atoms with E-state index in [2.05, 4.69) is 5.32 Å². The molecule has 1 atom stereocenters. The van der Waals surface area contributed by atoms with Crippen LogP contribution in [0, 0.1) is 0 Å². The first-order chi connectivity index (χ1) is 18.7. The normalized spacial score (nSPS) is 16.1. The standard InChI is InChI=1S/C30H24Cl3NO5/c1-4-38-23-13-17(12-22(33)29(23)39-14-16-9-10-20(31)21(32)11-16)25-24(30(36)37-3)15(2)34-27-18-7-5-6-8-19(18)28(35)26(25)27/h5-13,25,34H,4,14H2,1-3H3/t25-/m0/s1. The minimum atomic E-state index is -0.741. The zero-order valence-corrected chi connectivity index (χ0v) is 23.6. The highest BCUT2D eigenvalue weighted by Crippen LogP contribution is 2.49. The van der Waals surface area contributed by atoms with Crippen molar-refractivity contribution >= 4 is 52.3 Å². The highest BCUT2D eigenvalue weighted by atomic mass is 35.5. The van der Waals surface area contributed by atoms with E-state index in [0.29, 0.717) is 61.8 Å². The number of rotatable bonds is 7. The highest BCUT2D eigenvalue weighted by Gasteiger charge is 2.43. The molecule has 0 saturated heterocycles. The van der Waals surface area contributed by atoms with Gasteiger partial charge < -0.3 is 19.5 Å². The van der Waals surface area contributed by atoms with Crippen LogP contribution in [0.25, 0.3) is 5.70 Å². The van der Waals surface area contributed by atoms with Crippen molar-refractivity contribution in [1.29, 1.82) is 0 Å². The molecule has 0 saturated carbocycles. The number of ether oxygens (including phenoxy) is 3. The molecule has 5 rings (SSSR count). The van der Waals surface area contributed by atoms with Gasteiger partial charge in [-0.1, -0.05) is 65.1 Å². The summed E-state index contributed by atoms with van der Waals surface area (Å²) in [5.41, 5.74) is 4.76. The van der Waals surface area contributed by atoms with Crippen LogP contribution in [-0.4, -0.2) is 25.5 Å². The molecule has 3 aromatic carbocycles. The predicted octanol–water partition coefficient (Wildman–Crippen LogP) is 7.37. The van der Waals surface area contributed by atoms with Crippen LogP contribution in [0.1, 0.15) is 46.8 Å². The van der Waals surface area contributed by atoms with Crippen LogP contribution in [0.4, 0.5) is 0 Å². The highest BCUT2D eigenvalue weighted by molar-refractivity contribution is 6.42. The van der Waals surface area contributed by atoms with Crippen LogP contribution < -0.4 is 14.8 Å². The number of carbonyl (C=O) groups is 2. The fourth-order valence-corrected chi connectivity index (χ4v) is 5.58. The molecule has 1 heterocycles. The van der Waals surface area contributed by atoms with Gasteiger partial charge in [0.15, 0.2) is 17.3 Å². The summed E-state index contributed by atoms with van der Waals surface area (Å²) in [5, 5.41) is 4.40. The first-order valence-electron chi connectivity index (χ1n) is 12.2. The van der Waals surface area contributed by atoms with Gasteiger partial charge in [0, 0.05) is 28.3 Å². The van der Waals surface area contributed by atoms with E-state index < -0.39 is 11.9 Å². The van der Waals surface area contributed by atoms with Crippen molar-refractivity contribution < 1.29 is 23.8 Å². The summed E-state index contributed by atoms with van der Waals surface area (Å²) in [6.45, 7) is 4.13. The van der Waals surface area contributed by atoms with Crippen LogP contribution in [0.15, 0.2) is 71.4 Å². The van der Waals surface area contributed by atoms with Gasteiger partial charge >= 0.3 is 5.97 Å². The van der Waals surface area contributed by atoms with Crippen molar-refractivity contribution in [2.75, 3.05) is 13.7 Å². The Morgan fingerprint density at radius 2 is 1.69 bits per heavy atom. The molecular weight excluding hydrogens is 561 g/mol. The third-order valence-electron chi connectivity index (χ3n) is 6.69. The van der Waals surface area contributed by atoms with Crippen LogP contribution in [0.3, 0.4) is 0 Å². The van der Waals surface area contributed by atoms with Gasteiger partial charge in [-0.2, -0.15) is 0 Å². The fourth-order valence-electron chi connectivity index (χ4n) is 4.99. The lowest BCUT2D eigenvalue weighted by molar-refractivity contribution is -0.136. The Balaban J connectivity index is 1.60. The number of hydrogen-bond acceptors (Lipinski definition) is 6. The van der Waals surface area contributed by atoms with Crippen LogP contribution >= 0.6 is 34.8 Å². The molecule has 0 amide bonds. The number of nitrogens with one attached hydrogen (secondary N) is 1. The van der Waals surface area contributed by atoms with Crippen LogP contribution in [0.2, 0.25) is 15.1 Å². The molecule has 0 radical (unpaired) electrons. The summed E-state index contributed by atoms with van der Waals surface area (Å²) >= 11 is 19.0. The number of fused-ring (bicyclic) bond motifs is 2. The van der Waals surface area contributed by atoms with Gasteiger partial charge in [0.05, 0.1) is 40.1 Å². The molecule has 0 spiro atoms. The maximum absolute atomic E-state index is 13.7. The van der Waals surface area contributed by atoms with E-state index in [1.54, 1.807) is 43.3 Å². The minimum Gasteiger partial charge on any atom is -0.490 e. The number of hydrogen-bond donors (Lipinski definition) is 1. The maximum Gasteiger partial charge on any atom is 0.336 e. The second kappa shape index (κ2) is 11.0. The summed E-state index contributed by atoms with van der Waals surface area (Å²) < 4.78 is 17.1. The number of esters is 1. The van der Waals surface area contributed by atoms with Gasteiger partial charge in [-0.3, -0.25) is 4.79 Å². The van der Waals surface area contributed by atoms with Crippen LogP contribution in [-0.2, 0) is 16.1 Å². The lowest BCUT2D eigenvalue weighted by Gasteiger charge is -2.29. The monoisotopic (exact) mass is 583 g/mol. The van der Waals surface area contributed by atoms with Crippen molar-refractivity contribution in [3.05, 3.63) is 109 Å². The summed E-state index contributed by atoms with van der Waals surface area (Å²) in [4.78, 5) is 26.7. The summed E-state index contributed by atoms with van der Waals surface area (Å²) in [6, 6.07) is 16.0. The van der Waals surface area contributed by atoms with Gasteiger partial charge in [0.2, 0.25) is 0 Å². The van der Waals surface area contributed by atoms with Gasteiger partial charge in [-0.05, 0) is 49.2 Å². The molecule has 2 aliphatic rings. The summed E-state index contributed by atoms with van der Waals surface area (Å²) in [7, 11) is 1.31. The molecule has 1 aliphatic heterocycles. The number of benzene rings is 3. The molecule has 0 fully saturated rings. The number of allylic oxidation sites excluding steroid dienone is 2. The molecular formula is C30H24Cl3NO5. The van der Waals surface area contributed by atoms with E-state index in [0.717, 1.165) is 11.1 Å². The second-order valence-corrected chi connectivity index (χ2v) is 10.3. The Bertz CT molecular complexity index is 1580. The first-order valence-corrected chi connectivity index (χ1v) is 13.4. The lowest BCUT2D eigenvalue weighted by Crippen LogP contribution is -2.29. The molecule has 0 aromatic heterocycles. The Hall–Kier alpha value is -3.45. The third-order valence-corrected chi connectivity index (χ3v) is 7.71. The molecule has 39 heavy (non-hydrogen) atoms. The van der Waals surface area contributed by atoms with Crippen LogP contribution in [0.5, 0.6) is 11.5 Å². The van der Waals surface area contributed by atoms with E-state index in [-0.39, 0.29) is 17.4 Å². The van der Waals surface area contributed by atoms with E-state index in [1.165, 1.54) is 7.11 Å². The van der Waals surface area contributed by atoms with Crippen molar-refractivity contribution in [3.63, 3.8) is 0 Å². The molecule has 9 heteroatoms. The topological polar surface area (TPSA) is 73.9 Å². The van der Waals surface area contributed by atoms with Crippen molar-refractivity contribution in [3.8, 4) is 11.5 Å². The number of halogens is 3. The average Bonchev–Trinajstić information content (AvgIpc) is 3.20. The van der Waals surface area contributed by atoms with Crippen molar-refractivity contribution in [2.45, 2.75) is 26.4 Å². The maximum atomic E-state index is 13.7. The van der Waals surface area contributed by atoms with Gasteiger partial charge in [-0.25, -0.2) is 4.79 Å². The largest absolute Gasteiger partial charge is 0.490 e. The molecule has 0 unspecified atom stereocenters. The molecule has 1 aliphatic carbocycles. The number of methoxy groups -OCH3 is 1. The van der Waals surface area contributed by atoms with E-state index >= 15 is 0 Å². The SMILES string of the molecule is CCOc1cc([C@H]2C(C(=O)OC)=C(C)NC3=C2C(=O)c2ccccc23)cc(Cl)c1OCc1ccc(Cl)c(Cl)c1. The summed E-state index contributed by atoms with van der Waals surface area (Å²) in [5.74, 6) is -0.742. The predicted molar refractivity (Wildman–Crippen MR) is 152 cm³/mol. The zero-order valence-electron chi connectivity index (χ0n) is 21.4. The fraction of sp³-hybridized carbons (Fsp3) is 0.200. The minimum absolute atomic E-state index is 0.166. The Kier molecular flexibility index (Phi) is 7.63. The first kappa shape index (κ1) is 27.1. The number of Topliss-reactive ketones (excluding diaryl/α,β-unsaturated/α-hetero) is 1.